The molecule has 0 radical (unpaired) electrons. The molecule has 2 heterocycles. The van der Waals surface area contributed by atoms with E-state index in [4.69, 9.17) is 9.15 Å². The van der Waals surface area contributed by atoms with Gasteiger partial charge in [0.15, 0.2) is 11.0 Å². The second kappa shape index (κ2) is 10.2. The van der Waals surface area contributed by atoms with Crippen LogP contribution in [-0.4, -0.2) is 33.5 Å². The Morgan fingerprint density at radius 1 is 1.09 bits per heavy atom. The van der Waals surface area contributed by atoms with Crippen molar-refractivity contribution in [2.45, 2.75) is 25.0 Å². The zero-order valence-corrected chi connectivity index (χ0v) is 18.8. The van der Waals surface area contributed by atoms with Gasteiger partial charge in [0.05, 0.1) is 25.7 Å². The Morgan fingerprint density at radius 2 is 1.88 bits per heavy atom. The fourth-order valence-corrected chi connectivity index (χ4v) is 3.94. The Morgan fingerprint density at radius 3 is 2.53 bits per heavy atom. The number of carbonyl (C=O) groups excluding carboxylic acids is 1. The van der Waals surface area contributed by atoms with Crippen LogP contribution < -0.4 is 10.1 Å². The first-order valence-electron chi connectivity index (χ1n) is 10.3. The maximum Gasteiger partial charge on any atom is 0.234 e. The molecule has 0 aliphatic heterocycles. The number of anilines is 1. The third-order valence-electron chi connectivity index (χ3n) is 4.94. The second-order valence-electron chi connectivity index (χ2n) is 7.09. The van der Waals surface area contributed by atoms with E-state index in [0.29, 0.717) is 17.5 Å². The molecule has 0 aliphatic rings. The standard InChI is InChI=1S/C24H24N4O3S/c1-3-17-6-10-19(11-7-17)25-22(29)16-32-24-27-26-23(18-8-12-20(30-2)13-9-18)28(24)15-21-5-4-14-31-21/h4-14H,3,15-16H2,1-2H3,(H,25,29). The van der Waals surface area contributed by atoms with E-state index in [0.717, 1.165) is 29.2 Å². The summed E-state index contributed by atoms with van der Waals surface area (Å²) >= 11 is 1.34. The number of carbonyl (C=O) groups is 1. The van der Waals surface area contributed by atoms with Gasteiger partial charge in [-0.25, -0.2) is 0 Å². The number of hydrogen-bond donors (Lipinski definition) is 1. The van der Waals surface area contributed by atoms with Gasteiger partial charge in [-0.2, -0.15) is 0 Å². The first kappa shape index (κ1) is 21.7. The van der Waals surface area contributed by atoms with Crippen LogP contribution in [0.2, 0.25) is 0 Å². The van der Waals surface area contributed by atoms with Crippen LogP contribution in [0.3, 0.4) is 0 Å². The van der Waals surface area contributed by atoms with Gasteiger partial charge in [0.2, 0.25) is 5.91 Å². The maximum absolute atomic E-state index is 12.5. The average Bonchev–Trinajstić information content (AvgIpc) is 3.49. The lowest BCUT2D eigenvalue weighted by molar-refractivity contribution is -0.113. The Hall–Kier alpha value is -3.52. The summed E-state index contributed by atoms with van der Waals surface area (Å²) < 4.78 is 12.7. The van der Waals surface area contributed by atoms with E-state index in [2.05, 4.69) is 22.4 Å². The number of rotatable bonds is 9. The molecule has 2 aromatic carbocycles. The van der Waals surface area contributed by atoms with E-state index in [1.54, 1.807) is 13.4 Å². The van der Waals surface area contributed by atoms with Crippen molar-refractivity contribution in [3.8, 4) is 17.1 Å². The minimum atomic E-state index is -0.0993. The molecule has 2 aromatic heterocycles. The second-order valence-corrected chi connectivity index (χ2v) is 8.03. The molecule has 0 fully saturated rings. The highest BCUT2D eigenvalue weighted by Crippen LogP contribution is 2.27. The van der Waals surface area contributed by atoms with Gasteiger partial charge in [0.1, 0.15) is 11.5 Å². The molecule has 4 rings (SSSR count). The van der Waals surface area contributed by atoms with Crippen molar-refractivity contribution in [2.75, 3.05) is 18.2 Å². The van der Waals surface area contributed by atoms with Gasteiger partial charge >= 0.3 is 0 Å². The van der Waals surface area contributed by atoms with Crippen molar-refractivity contribution >= 4 is 23.4 Å². The number of nitrogens with one attached hydrogen (secondary N) is 1. The van der Waals surface area contributed by atoms with Crippen LogP contribution in [0.25, 0.3) is 11.4 Å². The number of aryl methyl sites for hydroxylation is 1. The molecule has 0 saturated carbocycles. The Kier molecular flexibility index (Phi) is 6.91. The van der Waals surface area contributed by atoms with Crippen molar-refractivity contribution < 1.29 is 13.9 Å². The highest BCUT2D eigenvalue weighted by atomic mass is 32.2. The van der Waals surface area contributed by atoms with Crippen LogP contribution in [0.4, 0.5) is 5.69 Å². The predicted molar refractivity (Wildman–Crippen MR) is 125 cm³/mol. The third kappa shape index (κ3) is 5.20. The number of furan rings is 1. The summed E-state index contributed by atoms with van der Waals surface area (Å²) in [6, 6.07) is 19.2. The number of amides is 1. The highest BCUT2D eigenvalue weighted by molar-refractivity contribution is 7.99. The number of ether oxygens (including phenoxy) is 1. The number of methoxy groups -OCH3 is 1. The van der Waals surface area contributed by atoms with Gasteiger partial charge in [-0.1, -0.05) is 30.8 Å². The number of benzene rings is 2. The fourth-order valence-electron chi connectivity index (χ4n) is 3.20. The average molecular weight is 449 g/mol. The molecule has 1 amide bonds. The summed E-state index contributed by atoms with van der Waals surface area (Å²) in [7, 11) is 1.63. The lowest BCUT2D eigenvalue weighted by Gasteiger charge is -2.10. The predicted octanol–water partition coefficient (Wildman–Crippen LogP) is 4.89. The van der Waals surface area contributed by atoms with Crippen LogP contribution in [0, 0.1) is 0 Å². The van der Waals surface area contributed by atoms with Gasteiger partial charge in [-0.3, -0.25) is 9.36 Å². The van der Waals surface area contributed by atoms with Gasteiger partial charge in [-0.05, 0) is 60.5 Å². The molecule has 4 aromatic rings. The Balaban J connectivity index is 1.50. The summed E-state index contributed by atoms with van der Waals surface area (Å²) in [5, 5.41) is 12.3. The van der Waals surface area contributed by atoms with Crippen LogP contribution in [-0.2, 0) is 17.8 Å². The maximum atomic E-state index is 12.5. The molecule has 164 valence electrons. The number of hydrogen-bond acceptors (Lipinski definition) is 6. The van der Waals surface area contributed by atoms with Gasteiger partial charge < -0.3 is 14.5 Å². The Labute approximate surface area is 190 Å². The van der Waals surface area contributed by atoms with Gasteiger partial charge in [-0.15, -0.1) is 10.2 Å². The lowest BCUT2D eigenvalue weighted by atomic mass is 10.1. The quantitative estimate of drug-likeness (QED) is 0.367. The minimum Gasteiger partial charge on any atom is -0.497 e. The first-order chi connectivity index (χ1) is 15.7. The zero-order chi connectivity index (χ0) is 22.3. The van der Waals surface area contributed by atoms with Crippen LogP contribution in [0.5, 0.6) is 5.75 Å². The molecule has 0 bridgehead atoms. The summed E-state index contributed by atoms with van der Waals surface area (Å²) in [5.41, 5.74) is 2.91. The van der Waals surface area contributed by atoms with E-state index in [1.165, 1.54) is 17.3 Å². The molecule has 1 N–H and O–H groups in total. The normalized spacial score (nSPS) is 10.8. The third-order valence-corrected chi connectivity index (χ3v) is 5.90. The molecule has 8 heteroatoms. The summed E-state index contributed by atoms with van der Waals surface area (Å²) in [5.74, 6) is 2.36. The number of nitrogens with zero attached hydrogens (tertiary/aromatic N) is 3. The molecular formula is C24H24N4O3S. The number of thioether (sulfide) groups is 1. The zero-order valence-electron chi connectivity index (χ0n) is 17.9. The molecule has 32 heavy (non-hydrogen) atoms. The SMILES string of the molecule is CCc1ccc(NC(=O)CSc2nnc(-c3ccc(OC)cc3)n2Cc2ccco2)cc1. The van der Waals surface area contributed by atoms with Gasteiger partial charge in [0, 0.05) is 11.3 Å². The monoisotopic (exact) mass is 448 g/mol. The van der Waals surface area contributed by atoms with Crippen molar-refractivity contribution in [2.24, 2.45) is 0 Å². The summed E-state index contributed by atoms with van der Waals surface area (Å²) in [6.07, 6.45) is 2.60. The summed E-state index contributed by atoms with van der Waals surface area (Å²) in [4.78, 5) is 12.5. The van der Waals surface area contributed by atoms with Crippen LogP contribution in [0.15, 0.2) is 76.5 Å². The molecule has 0 atom stereocenters. The van der Waals surface area contributed by atoms with Crippen LogP contribution >= 0.6 is 11.8 Å². The molecule has 0 spiro atoms. The molecule has 7 nitrogen and oxygen atoms in total. The smallest absolute Gasteiger partial charge is 0.234 e. The summed E-state index contributed by atoms with van der Waals surface area (Å²) in [6.45, 7) is 2.56. The molecule has 0 aliphatic carbocycles. The van der Waals surface area contributed by atoms with Crippen LogP contribution in [0.1, 0.15) is 18.2 Å². The molecule has 0 saturated heterocycles. The highest BCUT2D eigenvalue weighted by Gasteiger charge is 2.17. The van der Waals surface area contributed by atoms with E-state index in [-0.39, 0.29) is 11.7 Å². The lowest BCUT2D eigenvalue weighted by Crippen LogP contribution is -2.14. The largest absolute Gasteiger partial charge is 0.497 e. The molecule has 0 unspecified atom stereocenters. The fraction of sp³-hybridized carbons (Fsp3) is 0.208. The number of aromatic nitrogens is 3. The molecular weight excluding hydrogens is 424 g/mol. The van der Waals surface area contributed by atoms with E-state index in [1.807, 2.05) is 65.2 Å². The van der Waals surface area contributed by atoms with E-state index >= 15 is 0 Å². The van der Waals surface area contributed by atoms with Crippen molar-refractivity contribution in [1.29, 1.82) is 0 Å². The van der Waals surface area contributed by atoms with Crippen molar-refractivity contribution in [1.82, 2.24) is 14.8 Å². The van der Waals surface area contributed by atoms with Crippen molar-refractivity contribution in [3.63, 3.8) is 0 Å². The minimum absolute atomic E-state index is 0.0993. The first-order valence-corrected chi connectivity index (χ1v) is 11.3. The van der Waals surface area contributed by atoms with E-state index in [9.17, 15) is 4.79 Å². The van der Waals surface area contributed by atoms with E-state index < -0.39 is 0 Å². The Bertz CT molecular complexity index is 1150. The van der Waals surface area contributed by atoms with Gasteiger partial charge in [0.25, 0.3) is 0 Å². The van der Waals surface area contributed by atoms with Crippen molar-refractivity contribution in [3.05, 3.63) is 78.3 Å². The topological polar surface area (TPSA) is 82.2 Å².